The summed E-state index contributed by atoms with van der Waals surface area (Å²) in [6.45, 7) is 4.13. The number of alkyl halides is 6. The van der Waals surface area contributed by atoms with Gasteiger partial charge in [-0.3, -0.25) is 4.79 Å². The average Bonchev–Trinajstić information content (AvgIpc) is 2.45. The largest absolute Gasteiger partial charge is 0.419 e. The van der Waals surface area contributed by atoms with Crippen LogP contribution in [-0.4, -0.2) is 36.2 Å². The smallest absolute Gasteiger partial charge is 0.339 e. The predicted octanol–water partition coefficient (Wildman–Crippen LogP) is 3.45. The number of hydrogen-bond donors (Lipinski definition) is 1. The quantitative estimate of drug-likeness (QED) is 0.852. The molecule has 0 saturated carbocycles. The van der Waals surface area contributed by atoms with Crippen LogP contribution in [0.25, 0.3) is 0 Å². The van der Waals surface area contributed by atoms with Crippen LogP contribution in [0.2, 0.25) is 0 Å². The number of benzene rings is 1. The van der Waals surface area contributed by atoms with Gasteiger partial charge in [-0.2, -0.15) is 26.3 Å². The fraction of sp³-hybridized carbons (Fsp3) is 0.500. The molecule has 23 heavy (non-hydrogen) atoms. The Morgan fingerprint density at radius 2 is 1.35 bits per heavy atom. The Morgan fingerprint density at radius 1 is 0.957 bits per heavy atom. The Morgan fingerprint density at radius 3 is 1.65 bits per heavy atom. The molecule has 0 saturated heterocycles. The van der Waals surface area contributed by atoms with Crippen LogP contribution in [0.4, 0.5) is 26.3 Å². The Hall–Kier alpha value is -1.77. The maximum atomic E-state index is 12.9. The molecule has 0 aliphatic rings. The van der Waals surface area contributed by atoms with Crippen molar-refractivity contribution < 1.29 is 31.1 Å². The second kappa shape index (κ2) is 6.38. The fourth-order valence-corrected chi connectivity index (χ4v) is 2.06. The lowest BCUT2D eigenvalue weighted by atomic mass is 9.88. The minimum absolute atomic E-state index is 0.0100. The third kappa shape index (κ3) is 3.44. The monoisotopic (exact) mass is 342 g/mol. The highest BCUT2D eigenvalue weighted by Gasteiger charge is 2.69. The van der Waals surface area contributed by atoms with E-state index in [9.17, 15) is 31.1 Å². The van der Waals surface area contributed by atoms with Crippen molar-refractivity contribution in [3.05, 3.63) is 35.4 Å². The molecule has 0 bridgehead atoms. The Labute approximate surface area is 129 Å². The molecular formula is C14H16F6N2O. The zero-order valence-corrected chi connectivity index (χ0v) is 12.4. The maximum absolute atomic E-state index is 12.9. The SMILES string of the molecule is CCN(CC)C(=O)c1ccc(C(N)(C(F)(F)F)C(F)(F)F)cc1. The lowest BCUT2D eigenvalue weighted by Crippen LogP contribution is -2.60. The van der Waals surface area contributed by atoms with Gasteiger partial charge in [0.25, 0.3) is 5.91 Å². The summed E-state index contributed by atoms with van der Waals surface area (Å²) in [4.78, 5) is 13.4. The van der Waals surface area contributed by atoms with Gasteiger partial charge in [0.05, 0.1) is 0 Å². The van der Waals surface area contributed by atoms with Crippen LogP contribution in [0.3, 0.4) is 0 Å². The average molecular weight is 342 g/mol. The molecule has 0 heterocycles. The number of amides is 1. The molecule has 130 valence electrons. The maximum Gasteiger partial charge on any atom is 0.419 e. The van der Waals surface area contributed by atoms with Gasteiger partial charge in [0, 0.05) is 18.7 Å². The van der Waals surface area contributed by atoms with Crippen LogP contribution in [0.1, 0.15) is 29.8 Å². The first kappa shape index (κ1) is 19.3. The molecule has 1 amide bonds. The van der Waals surface area contributed by atoms with Crippen LogP contribution < -0.4 is 5.73 Å². The van der Waals surface area contributed by atoms with Crippen molar-refractivity contribution in [3.63, 3.8) is 0 Å². The highest BCUT2D eigenvalue weighted by Crippen LogP contribution is 2.48. The molecule has 3 nitrogen and oxygen atoms in total. The number of carbonyl (C=O) groups excluding carboxylic acids is 1. The molecule has 0 radical (unpaired) electrons. The third-order valence-electron chi connectivity index (χ3n) is 3.53. The van der Waals surface area contributed by atoms with Crippen LogP contribution in [0.15, 0.2) is 24.3 Å². The molecule has 0 atom stereocenters. The standard InChI is InChI=1S/C14H16F6N2O/c1-3-22(4-2)11(23)9-5-7-10(8-6-9)12(21,13(15,16)17)14(18,19)20/h5-8H,3-4,21H2,1-2H3. The first-order chi connectivity index (χ1) is 10.4. The van der Waals surface area contributed by atoms with E-state index in [2.05, 4.69) is 5.73 Å². The summed E-state index contributed by atoms with van der Waals surface area (Å²) in [5.74, 6) is -0.483. The van der Waals surface area contributed by atoms with Gasteiger partial charge >= 0.3 is 12.4 Å². The van der Waals surface area contributed by atoms with Gasteiger partial charge in [-0.15, -0.1) is 0 Å². The van der Waals surface area contributed by atoms with Crippen molar-refractivity contribution in [1.82, 2.24) is 4.90 Å². The van der Waals surface area contributed by atoms with Gasteiger partial charge in [0.1, 0.15) is 0 Å². The second-order valence-corrected chi connectivity index (χ2v) is 4.86. The molecular weight excluding hydrogens is 326 g/mol. The van der Waals surface area contributed by atoms with E-state index in [4.69, 9.17) is 0 Å². The van der Waals surface area contributed by atoms with Crippen molar-refractivity contribution >= 4 is 5.91 Å². The van der Waals surface area contributed by atoms with Crippen LogP contribution in [0.5, 0.6) is 0 Å². The van der Waals surface area contributed by atoms with Crippen molar-refractivity contribution in [2.45, 2.75) is 31.7 Å². The van der Waals surface area contributed by atoms with Crippen LogP contribution in [0, 0.1) is 0 Å². The first-order valence-corrected chi connectivity index (χ1v) is 6.72. The van der Waals surface area contributed by atoms with Gasteiger partial charge in [0.15, 0.2) is 0 Å². The number of halogens is 6. The van der Waals surface area contributed by atoms with E-state index >= 15 is 0 Å². The van der Waals surface area contributed by atoms with E-state index in [0.29, 0.717) is 25.2 Å². The molecule has 0 unspecified atom stereocenters. The summed E-state index contributed by atoms with van der Waals surface area (Å²) >= 11 is 0. The van der Waals surface area contributed by atoms with E-state index in [1.54, 1.807) is 13.8 Å². The molecule has 1 aromatic rings. The number of carbonyl (C=O) groups is 1. The Balaban J connectivity index is 3.28. The van der Waals surface area contributed by atoms with Gasteiger partial charge in [-0.25, -0.2) is 0 Å². The van der Waals surface area contributed by atoms with E-state index < -0.39 is 29.4 Å². The molecule has 1 rings (SSSR count). The van der Waals surface area contributed by atoms with Crippen molar-refractivity contribution in [3.8, 4) is 0 Å². The normalized spacial score (nSPS) is 13.1. The molecule has 1 aromatic carbocycles. The van der Waals surface area contributed by atoms with Gasteiger partial charge in [-0.1, -0.05) is 12.1 Å². The van der Waals surface area contributed by atoms with E-state index in [0.717, 1.165) is 12.1 Å². The number of rotatable bonds is 4. The molecule has 0 spiro atoms. The first-order valence-electron chi connectivity index (χ1n) is 6.72. The van der Waals surface area contributed by atoms with E-state index in [1.165, 1.54) is 4.90 Å². The minimum atomic E-state index is -5.73. The molecule has 9 heteroatoms. The van der Waals surface area contributed by atoms with Crippen molar-refractivity contribution in [1.29, 1.82) is 0 Å². The fourth-order valence-electron chi connectivity index (χ4n) is 2.06. The summed E-state index contributed by atoms with van der Waals surface area (Å²) in [7, 11) is 0. The summed E-state index contributed by atoms with van der Waals surface area (Å²) in [6, 6.07) is 2.99. The van der Waals surface area contributed by atoms with Crippen molar-refractivity contribution in [2.24, 2.45) is 5.73 Å². The van der Waals surface area contributed by atoms with Gasteiger partial charge < -0.3 is 10.6 Å². The number of nitrogens with two attached hydrogens (primary N) is 1. The Kier molecular flexibility index (Phi) is 5.35. The van der Waals surface area contributed by atoms with Gasteiger partial charge in [0.2, 0.25) is 5.54 Å². The van der Waals surface area contributed by atoms with E-state index in [1.807, 2.05) is 0 Å². The summed E-state index contributed by atoms with van der Waals surface area (Å²) in [5, 5.41) is 0. The summed E-state index contributed by atoms with van der Waals surface area (Å²) < 4.78 is 77.2. The second-order valence-electron chi connectivity index (χ2n) is 4.86. The molecule has 2 N–H and O–H groups in total. The third-order valence-corrected chi connectivity index (χ3v) is 3.53. The zero-order chi connectivity index (χ0) is 18.1. The number of nitrogens with zero attached hydrogens (tertiary/aromatic N) is 1. The predicted molar refractivity (Wildman–Crippen MR) is 71.7 cm³/mol. The summed E-state index contributed by atoms with van der Waals surface area (Å²) in [6.07, 6.45) is -11.5. The zero-order valence-electron chi connectivity index (χ0n) is 12.4. The van der Waals surface area contributed by atoms with Crippen LogP contribution >= 0.6 is 0 Å². The van der Waals surface area contributed by atoms with Crippen molar-refractivity contribution in [2.75, 3.05) is 13.1 Å². The molecule has 0 aliphatic carbocycles. The van der Waals surface area contributed by atoms with Gasteiger partial charge in [-0.05, 0) is 31.5 Å². The topological polar surface area (TPSA) is 46.3 Å². The highest BCUT2D eigenvalue weighted by atomic mass is 19.4. The van der Waals surface area contributed by atoms with Crippen LogP contribution in [-0.2, 0) is 5.54 Å². The van der Waals surface area contributed by atoms with E-state index in [-0.39, 0.29) is 5.56 Å². The Bertz CT molecular complexity index is 532. The molecule has 0 aromatic heterocycles. The lowest BCUT2D eigenvalue weighted by molar-refractivity contribution is -0.301. The molecule has 0 aliphatic heterocycles. The highest BCUT2D eigenvalue weighted by molar-refractivity contribution is 5.94. The molecule has 0 fully saturated rings. The lowest BCUT2D eigenvalue weighted by Gasteiger charge is -2.34. The number of hydrogen-bond acceptors (Lipinski definition) is 2. The summed E-state index contributed by atoms with van der Waals surface area (Å²) in [5.41, 5.74) is -1.01. The minimum Gasteiger partial charge on any atom is -0.339 e.